The summed E-state index contributed by atoms with van der Waals surface area (Å²) in [6, 6.07) is 0. The maximum atomic E-state index is 4.02. The van der Waals surface area contributed by atoms with Gasteiger partial charge in [-0.05, 0) is 11.1 Å². The quantitative estimate of drug-likeness (QED) is 0.418. The molecule has 1 fully saturated rings. The predicted molar refractivity (Wildman–Crippen MR) is 69.8 cm³/mol. The molecule has 0 bridgehead atoms. The van der Waals surface area contributed by atoms with Gasteiger partial charge in [0.15, 0.2) is 0 Å². The normalized spacial score (nSPS) is 22.8. The summed E-state index contributed by atoms with van der Waals surface area (Å²) in [6.45, 7) is 15.5. The predicted octanol–water partition coefficient (Wildman–Crippen LogP) is -0.529. The van der Waals surface area contributed by atoms with E-state index in [1.54, 1.807) is 0 Å². The average Bonchev–Trinajstić information content (AvgIpc) is 2.27. The second kappa shape index (κ2) is 8.47. The Morgan fingerprint density at radius 2 is 0.812 bits per heavy atom. The van der Waals surface area contributed by atoms with E-state index in [0.29, 0.717) is 0 Å². The van der Waals surface area contributed by atoms with Crippen molar-refractivity contribution in [1.82, 2.24) is 21.3 Å². The van der Waals surface area contributed by atoms with Gasteiger partial charge in [-0.1, -0.05) is 13.2 Å². The second-order valence-corrected chi connectivity index (χ2v) is 4.21. The zero-order valence-electron chi connectivity index (χ0n) is 10.1. The fraction of sp³-hybridized carbons (Fsp3) is 0.667. The summed E-state index contributed by atoms with van der Waals surface area (Å²) >= 11 is 0. The lowest BCUT2D eigenvalue weighted by Crippen LogP contribution is -2.35. The summed E-state index contributed by atoms with van der Waals surface area (Å²) < 4.78 is 0. The average molecular weight is 224 g/mol. The first kappa shape index (κ1) is 13.4. The Morgan fingerprint density at radius 3 is 1.06 bits per heavy atom. The molecule has 0 aromatic heterocycles. The van der Waals surface area contributed by atoms with Gasteiger partial charge >= 0.3 is 0 Å². The van der Waals surface area contributed by atoms with E-state index in [9.17, 15) is 0 Å². The van der Waals surface area contributed by atoms with Crippen molar-refractivity contribution in [3.05, 3.63) is 24.3 Å². The van der Waals surface area contributed by atoms with Crippen LogP contribution < -0.4 is 21.3 Å². The van der Waals surface area contributed by atoms with E-state index in [-0.39, 0.29) is 0 Å². The Labute approximate surface area is 98.6 Å². The van der Waals surface area contributed by atoms with E-state index in [1.807, 2.05) is 0 Å². The van der Waals surface area contributed by atoms with E-state index in [4.69, 9.17) is 0 Å². The summed E-state index contributed by atoms with van der Waals surface area (Å²) in [5.41, 5.74) is 2.42. The van der Waals surface area contributed by atoms with Crippen molar-refractivity contribution in [3.63, 3.8) is 0 Å². The van der Waals surface area contributed by atoms with Gasteiger partial charge in [-0.2, -0.15) is 0 Å². The molecule has 4 heteroatoms. The standard InChI is InChI=1S/C12H24N4/c1-11-7-13-3-5-15-9-12(2)10-16-6-4-14-8-11/h13-16H,1-10H2. The highest BCUT2D eigenvalue weighted by Gasteiger charge is 1.97. The minimum atomic E-state index is 0.892. The molecule has 0 aromatic carbocycles. The maximum Gasteiger partial charge on any atom is 0.0175 e. The lowest BCUT2D eigenvalue weighted by molar-refractivity contribution is 0.602. The first-order valence-electron chi connectivity index (χ1n) is 5.95. The zero-order chi connectivity index (χ0) is 11.6. The van der Waals surface area contributed by atoms with Crippen molar-refractivity contribution >= 4 is 0 Å². The summed E-state index contributed by atoms with van der Waals surface area (Å²) in [6.07, 6.45) is 0. The molecule has 0 unspecified atom stereocenters. The monoisotopic (exact) mass is 224 g/mol. The molecule has 0 radical (unpaired) electrons. The van der Waals surface area contributed by atoms with Crippen LogP contribution in [-0.4, -0.2) is 52.4 Å². The fourth-order valence-corrected chi connectivity index (χ4v) is 1.54. The Kier molecular flexibility index (Phi) is 7.09. The van der Waals surface area contributed by atoms with Crippen LogP contribution in [0.4, 0.5) is 0 Å². The fourth-order valence-electron chi connectivity index (χ4n) is 1.54. The van der Waals surface area contributed by atoms with E-state index in [2.05, 4.69) is 34.4 Å². The first-order valence-corrected chi connectivity index (χ1v) is 5.95. The second-order valence-electron chi connectivity index (χ2n) is 4.21. The van der Waals surface area contributed by atoms with Gasteiger partial charge in [0.25, 0.3) is 0 Å². The third-order valence-electron chi connectivity index (χ3n) is 2.46. The van der Waals surface area contributed by atoms with Crippen molar-refractivity contribution in [2.24, 2.45) is 0 Å². The summed E-state index contributed by atoms with van der Waals surface area (Å²) in [5.74, 6) is 0. The molecule has 0 saturated carbocycles. The number of hydrogen-bond acceptors (Lipinski definition) is 4. The SMILES string of the molecule is C=C1CNCCNCC(=C)CNCCNC1. The number of hydrogen-bond donors (Lipinski definition) is 4. The van der Waals surface area contributed by atoms with Crippen LogP contribution in [-0.2, 0) is 0 Å². The van der Waals surface area contributed by atoms with Gasteiger partial charge in [0.2, 0.25) is 0 Å². The van der Waals surface area contributed by atoms with Crippen LogP contribution in [0.15, 0.2) is 24.3 Å². The molecular weight excluding hydrogens is 200 g/mol. The third kappa shape index (κ3) is 6.74. The molecule has 1 rings (SSSR count). The van der Waals surface area contributed by atoms with Gasteiger partial charge in [-0.15, -0.1) is 0 Å². The highest BCUT2D eigenvalue weighted by atomic mass is 15.0. The highest BCUT2D eigenvalue weighted by Crippen LogP contribution is 1.86. The molecule has 0 atom stereocenters. The molecule has 0 aromatic rings. The largest absolute Gasteiger partial charge is 0.312 e. The van der Waals surface area contributed by atoms with Crippen LogP contribution in [0.5, 0.6) is 0 Å². The molecule has 0 amide bonds. The minimum Gasteiger partial charge on any atom is -0.312 e. The van der Waals surface area contributed by atoms with Gasteiger partial charge in [0.1, 0.15) is 0 Å². The molecule has 0 spiro atoms. The molecule has 1 heterocycles. The minimum absolute atomic E-state index is 0.892. The lowest BCUT2D eigenvalue weighted by atomic mass is 10.3. The molecule has 1 aliphatic rings. The van der Waals surface area contributed by atoms with Crippen molar-refractivity contribution in [2.45, 2.75) is 0 Å². The molecule has 1 aliphatic heterocycles. The van der Waals surface area contributed by atoms with Gasteiger partial charge in [-0.25, -0.2) is 0 Å². The molecule has 1 saturated heterocycles. The molecule has 4 nitrogen and oxygen atoms in total. The van der Waals surface area contributed by atoms with Crippen LogP contribution in [0.2, 0.25) is 0 Å². The Balaban J connectivity index is 2.23. The maximum absolute atomic E-state index is 4.02. The van der Waals surface area contributed by atoms with Gasteiger partial charge in [0.05, 0.1) is 0 Å². The highest BCUT2D eigenvalue weighted by molar-refractivity contribution is 5.00. The Morgan fingerprint density at radius 1 is 0.562 bits per heavy atom. The van der Waals surface area contributed by atoms with E-state index in [0.717, 1.165) is 52.4 Å². The van der Waals surface area contributed by atoms with Crippen molar-refractivity contribution in [2.75, 3.05) is 52.4 Å². The van der Waals surface area contributed by atoms with Crippen LogP contribution in [0.25, 0.3) is 0 Å². The molecule has 16 heavy (non-hydrogen) atoms. The third-order valence-corrected chi connectivity index (χ3v) is 2.46. The summed E-state index contributed by atoms with van der Waals surface area (Å²) in [7, 11) is 0. The zero-order valence-corrected chi connectivity index (χ0v) is 10.1. The van der Waals surface area contributed by atoms with E-state index >= 15 is 0 Å². The van der Waals surface area contributed by atoms with Crippen LogP contribution in [0.1, 0.15) is 0 Å². The van der Waals surface area contributed by atoms with E-state index in [1.165, 1.54) is 11.1 Å². The Bertz CT molecular complexity index is 181. The summed E-state index contributed by atoms with van der Waals surface area (Å²) in [5, 5.41) is 13.4. The smallest absolute Gasteiger partial charge is 0.0175 e. The van der Waals surface area contributed by atoms with Crippen molar-refractivity contribution < 1.29 is 0 Å². The van der Waals surface area contributed by atoms with Crippen LogP contribution in [0, 0.1) is 0 Å². The number of rotatable bonds is 0. The lowest BCUT2D eigenvalue weighted by Gasteiger charge is -2.13. The molecule has 0 aliphatic carbocycles. The molecule has 4 N–H and O–H groups in total. The number of nitrogens with one attached hydrogen (secondary N) is 4. The molecular formula is C12H24N4. The van der Waals surface area contributed by atoms with Crippen molar-refractivity contribution in [1.29, 1.82) is 0 Å². The van der Waals surface area contributed by atoms with Crippen LogP contribution in [0.3, 0.4) is 0 Å². The van der Waals surface area contributed by atoms with Crippen molar-refractivity contribution in [3.8, 4) is 0 Å². The van der Waals surface area contributed by atoms with Gasteiger partial charge in [-0.3, -0.25) is 0 Å². The Hall–Kier alpha value is -0.680. The topological polar surface area (TPSA) is 48.1 Å². The summed E-state index contributed by atoms with van der Waals surface area (Å²) in [4.78, 5) is 0. The molecule has 92 valence electrons. The van der Waals surface area contributed by atoms with Gasteiger partial charge in [0, 0.05) is 52.4 Å². The first-order chi connectivity index (χ1) is 7.79. The van der Waals surface area contributed by atoms with E-state index < -0.39 is 0 Å². The van der Waals surface area contributed by atoms with Crippen LogP contribution >= 0.6 is 0 Å². The van der Waals surface area contributed by atoms with Gasteiger partial charge < -0.3 is 21.3 Å².